The van der Waals surface area contributed by atoms with Crippen molar-refractivity contribution in [1.29, 1.82) is 0 Å². The number of nitrogens with zero attached hydrogens (tertiary/aromatic N) is 2. The Morgan fingerprint density at radius 1 is 1.04 bits per heavy atom. The summed E-state index contributed by atoms with van der Waals surface area (Å²) < 4.78 is 7.68. The largest absolute Gasteiger partial charge is 0.454 e. The van der Waals surface area contributed by atoms with Crippen LogP contribution in [-0.4, -0.2) is 15.5 Å². The predicted molar refractivity (Wildman–Crippen MR) is 111 cm³/mol. The lowest BCUT2D eigenvalue weighted by molar-refractivity contribution is 0.0338. The molecule has 1 atom stereocenters. The van der Waals surface area contributed by atoms with Crippen LogP contribution in [0.4, 0.5) is 0 Å². The fourth-order valence-corrected chi connectivity index (χ4v) is 3.62. The molecule has 0 aliphatic carbocycles. The molecule has 0 radical (unpaired) electrons. The van der Waals surface area contributed by atoms with Gasteiger partial charge in [0.25, 0.3) is 0 Å². The zero-order chi connectivity index (χ0) is 19.7. The van der Waals surface area contributed by atoms with Crippen molar-refractivity contribution in [2.45, 2.75) is 20.0 Å². The summed E-state index contributed by atoms with van der Waals surface area (Å²) in [6.45, 7) is 3.76. The van der Waals surface area contributed by atoms with Crippen molar-refractivity contribution in [1.82, 2.24) is 9.55 Å². The van der Waals surface area contributed by atoms with Gasteiger partial charge in [-0.05, 0) is 50.2 Å². The van der Waals surface area contributed by atoms with Gasteiger partial charge < -0.3 is 4.74 Å². The molecule has 0 fully saturated rings. The van der Waals surface area contributed by atoms with Gasteiger partial charge in [0.15, 0.2) is 0 Å². The predicted octanol–water partition coefficient (Wildman–Crippen LogP) is 5.91. The maximum atomic E-state index is 12.6. The van der Waals surface area contributed by atoms with Crippen LogP contribution in [0.5, 0.6) is 0 Å². The minimum atomic E-state index is -0.444. The summed E-state index contributed by atoms with van der Waals surface area (Å²) in [4.78, 5) is 17.3. The van der Waals surface area contributed by atoms with Crippen LogP contribution in [0.3, 0.4) is 0 Å². The molecule has 0 aliphatic heterocycles. The Balaban J connectivity index is 1.63. The maximum absolute atomic E-state index is 12.6. The molecule has 0 unspecified atom stereocenters. The van der Waals surface area contributed by atoms with Gasteiger partial charge in [0.1, 0.15) is 11.9 Å². The molecule has 0 aliphatic rings. The molecule has 0 spiro atoms. The Hall–Kier alpha value is -3.11. The maximum Gasteiger partial charge on any atom is 0.338 e. The number of ether oxygens (including phenoxy) is 1. The van der Waals surface area contributed by atoms with Crippen molar-refractivity contribution in [2.75, 3.05) is 0 Å². The van der Waals surface area contributed by atoms with Crippen LogP contribution in [0, 0.1) is 6.92 Å². The van der Waals surface area contributed by atoms with Gasteiger partial charge >= 0.3 is 5.97 Å². The third kappa shape index (κ3) is 3.39. The Bertz CT molecular complexity index is 1150. The molecule has 4 rings (SSSR count). The average molecular weight is 391 g/mol. The number of carbonyl (C=O) groups excluding carboxylic acids is 1. The fraction of sp³-hybridized carbons (Fsp3) is 0.130. The zero-order valence-corrected chi connectivity index (χ0v) is 16.4. The first-order valence-corrected chi connectivity index (χ1v) is 9.42. The topological polar surface area (TPSA) is 44.1 Å². The highest BCUT2D eigenvalue weighted by Gasteiger charge is 2.18. The van der Waals surface area contributed by atoms with Crippen LogP contribution >= 0.6 is 11.6 Å². The number of aromatic nitrogens is 2. The second-order valence-corrected chi connectivity index (χ2v) is 7.01. The highest BCUT2D eigenvalue weighted by Crippen LogP contribution is 2.27. The number of hydrogen-bond donors (Lipinski definition) is 0. The summed E-state index contributed by atoms with van der Waals surface area (Å²) in [5.74, 6) is 0.456. The minimum Gasteiger partial charge on any atom is -0.454 e. The molecule has 1 aromatic heterocycles. The molecule has 1 heterocycles. The van der Waals surface area contributed by atoms with E-state index in [1.807, 2.05) is 68.4 Å². The summed E-state index contributed by atoms with van der Waals surface area (Å²) in [5.41, 5.74) is 3.97. The fourth-order valence-electron chi connectivity index (χ4n) is 3.33. The van der Waals surface area contributed by atoms with E-state index < -0.39 is 12.1 Å². The molecule has 28 heavy (non-hydrogen) atoms. The number of halogens is 1. The second-order valence-electron chi connectivity index (χ2n) is 6.60. The molecule has 4 aromatic rings. The summed E-state index contributed by atoms with van der Waals surface area (Å²) in [6.07, 6.45) is -0.444. The van der Waals surface area contributed by atoms with E-state index in [9.17, 15) is 4.79 Å². The minimum absolute atomic E-state index is 0.402. The van der Waals surface area contributed by atoms with Crippen molar-refractivity contribution in [3.63, 3.8) is 0 Å². The van der Waals surface area contributed by atoms with Crippen LogP contribution < -0.4 is 0 Å². The first-order valence-electron chi connectivity index (χ1n) is 9.04. The van der Waals surface area contributed by atoms with Gasteiger partial charge in [-0.3, -0.25) is 4.57 Å². The van der Waals surface area contributed by atoms with Gasteiger partial charge in [0.2, 0.25) is 0 Å². The van der Waals surface area contributed by atoms with E-state index in [1.165, 1.54) is 0 Å². The molecule has 4 nitrogen and oxygen atoms in total. The number of para-hydroxylation sites is 1. The number of fused-ring (bicyclic) bond motifs is 1. The van der Waals surface area contributed by atoms with Gasteiger partial charge in [-0.1, -0.05) is 48.0 Å². The normalized spacial score (nSPS) is 12.1. The monoisotopic (exact) mass is 390 g/mol. The second kappa shape index (κ2) is 7.49. The van der Waals surface area contributed by atoms with Crippen molar-refractivity contribution < 1.29 is 9.53 Å². The number of imidazole rings is 1. The Labute approximate surface area is 168 Å². The van der Waals surface area contributed by atoms with Crippen molar-refractivity contribution in [2.24, 2.45) is 0 Å². The van der Waals surface area contributed by atoms with Crippen LogP contribution in [0.15, 0.2) is 72.8 Å². The Morgan fingerprint density at radius 3 is 2.50 bits per heavy atom. The lowest BCUT2D eigenvalue weighted by Gasteiger charge is -2.15. The summed E-state index contributed by atoms with van der Waals surface area (Å²) in [6, 6.07) is 22.8. The first kappa shape index (κ1) is 18.3. The molecule has 0 saturated carbocycles. The van der Waals surface area contributed by atoms with Gasteiger partial charge in [-0.15, -0.1) is 0 Å². The summed E-state index contributed by atoms with van der Waals surface area (Å²) in [5, 5.41) is 0.579. The highest BCUT2D eigenvalue weighted by atomic mass is 35.5. The van der Waals surface area contributed by atoms with E-state index in [0.29, 0.717) is 10.6 Å². The van der Waals surface area contributed by atoms with Crippen LogP contribution in [0.1, 0.15) is 34.8 Å². The van der Waals surface area contributed by atoms with E-state index in [1.54, 1.807) is 18.2 Å². The Kier molecular flexibility index (Phi) is 4.88. The first-order chi connectivity index (χ1) is 13.5. The number of aryl methyl sites for hydroxylation is 1. The van der Waals surface area contributed by atoms with Crippen LogP contribution in [-0.2, 0) is 4.74 Å². The van der Waals surface area contributed by atoms with Gasteiger partial charge in [0.05, 0.1) is 16.6 Å². The number of benzene rings is 3. The smallest absolute Gasteiger partial charge is 0.338 e. The lowest BCUT2D eigenvalue weighted by Crippen LogP contribution is -2.09. The van der Waals surface area contributed by atoms with E-state index in [-0.39, 0.29) is 0 Å². The van der Waals surface area contributed by atoms with E-state index in [0.717, 1.165) is 28.1 Å². The summed E-state index contributed by atoms with van der Waals surface area (Å²) in [7, 11) is 0. The van der Waals surface area contributed by atoms with Gasteiger partial charge in [-0.25, -0.2) is 9.78 Å². The number of hydrogen-bond acceptors (Lipinski definition) is 3. The molecular weight excluding hydrogens is 372 g/mol. The lowest BCUT2D eigenvalue weighted by atomic mass is 10.1. The average Bonchev–Trinajstić information content (AvgIpc) is 3.03. The molecule has 0 saturated heterocycles. The van der Waals surface area contributed by atoms with Crippen molar-refractivity contribution in [3.8, 4) is 5.69 Å². The highest BCUT2D eigenvalue weighted by molar-refractivity contribution is 6.31. The number of carbonyl (C=O) groups is 1. The molecule has 0 N–H and O–H groups in total. The summed E-state index contributed by atoms with van der Waals surface area (Å²) >= 11 is 6.20. The third-order valence-electron chi connectivity index (χ3n) is 4.70. The van der Waals surface area contributed by atoms with Gasteiger partial charge in [0, 0.05) is 16.3 Å². The van der Waals surface area contributed by atoms with Crippen LogP contribution in [0.2, 0.25) is 5.02 Å². The molecule has 0 bridgehead atoms. The Morgan fingerprint density at radius 2 is 1.75 bits per heavy atom. The van der Waals surface area contributed by atoms with Crippen molar-refractivity contribution in [3.05, 3.63) is 94.8 Å². The molecule has 5 heteroatoms. The van der Waals surface area contributed by atoms with Crippen LogP contribution in [0.25, 0.3) is 16.7 Å². The van der Waals surface area contributed by atoms with E-state index in [4.69, 9.17) is 16.3 Å². The van der Waals surface area contributed by atoms with Crippen molar-refractivity contribution >= 4 is 28.6 Å². The quantitative estimate of drug-likeness (QED) is 0.407. The molecule has 0 amide bonds. The molecule has 140 valence electrons. The van der Waals surface area contributed by atoms with E-state index >= 15 is 0 Å². The molecule has 3 aromatic carbocycles. The van der Waals surface area contributed by atoms with E-state index in [2.05, 4.69) is 9.55 Å². The zero-order valence-electron chi connectivity index (χ0n) is 15.6. The standard InChI is InChI=1S/C23H19ClN2O2/c1-15(19-10-6-7-11-20(19)24)28-23(27)17-12-13-22-21(14-17)25-16(2)26(22)18-8-4-3-5-9-18/h3-15H,1-2H3/t15-/m1/s1. The molecular formula is C23H19ClN2O2. The van der Waals surface area contributed by atoms with Gasteiger partial charge in [-0.2, -0.15) is 0 Å². The number of esters is 1. The third-order valence-corrected chi connectivity index (χ3v) is 5.04. The number of rotatable bonds is 4. The SMILES string of the molecule is Cc1nc2cc(C(=O)O[C@H](C)c3ccccc3Cl)ccc2n1-c1ccccc1.